The Balaban J connectivity index is 2.81. The predicted octanol–water partition coefficient (Wildman–Crippen LogP) is 3.13. The summed E-state index contributed by atoms with van der Waals surface area (Å²) in [6.07, 6.45) is 1.75. The normalized spacial score (nSPS) is 9.80. The molecule has 0 saturated carbocycles. The van der Waals surface area contributed by atoms with E-state index < -0.39 is 0 Å². The largest absolute Gasteiger partial charge is 0.249 e. The van der Waals surface area contributed by atoms with E-state index in [1.165, 1.54) is 11.8 Å². The van der Waals surface area contributed by atoms with Gasteiger partial charge in [-0.05, 0) is 28.1 Å². The number of hydrogen-bond acceptors (Lipinski definition) is 2. The minimum absolute atomic E-state index is 0.537. The van der Waals surface area contributed by atoms with Gasteiger partial charge in [-0.15, -0.1) is 11.6 Å². The molecule has 0 radical (unpaired) electrons. The van der Waals surface area contributed by atoms with E-state index in [-0.39, 0.29) is 0 Å². The van der Waals surface area contributed by atoms with Crippen molar-refractivity contribution in [2.75, 3.05) is 5.21 Å². The summed E-state index contributed by atoms with van der Waals surface area (Å²) < 4.78 is 1.00. The molecule has 0 aliphatic carbocycles. The predicted molar refractivity (Wildman–Crippen MR) is 48.5 cm³/mol. The molecule has 0 saturated heterocycles. The fourth-order valence-electron chi connectivity index (χ4n) is 0.529. The first-order valence-corrected chi connectivity index (χ1v) is 4.95. The number of alkyl halides is 1. The summed E-state index contributed by atoms with van der Waals surface area (Å²) in [7, 11) is 0. The van der Waals surface area contributed by atoms with Crippen LogP contribution in [0.1, 0.15) is 0 Å². The maximum absolute atomic E-state index is 5.51. The molecule has 0 unspecified atom stereocenters. The third kappa shape index (κ3) is 2.15. The van der Waals surface area contributed by atoms with E-state index in [0.29, 0.717) is 5.21 Å². The molecule has 0 fully saturated rings. The Kier molecular flexibility index (Phi) is 3.52. The van der Waals surface area contributed by atoms with Crippen molar-refractivity contribution >= 4 is 39.3 Å². The summed E-state index contributed by atoms with van der Waals surface area (Å²) in [5.41, 5.74) is 0. The molecule has 1 aromatic rings. The number of nitrogens with zero attached hydrogens (tertiary/aromatic N) is 1. The third-order valence-corrected chi connectivity index (χ3v) is 2.85. The van der Waals surface area contributed by atoms with Gasteiger partial charge >= 0.3 is 0 Å². The van der Waals surface area contributed by atoms with Crippen LogP contribution in [0, 0.1) is 0 Å². The van der Waals surface area contributed by atoms with E-state index in [1.807, 2.05) is 12.1 Å². The fraction of sp³-hybridized carbons (Fsp3) is 0.167. The lowest BCUT2D eigenvalue weighted by Gasteiger charge is -1.96. The lowest BCUT2D eigenvalue weighted by molar-refractivity contribution is 1.11. The van der Waals surface area contributed by atoms with E-state index in [4.69, 9.17) is 11.6 Å². The zero-order valence-electron chi connectivity index (χ0n) is 5.05. The molecule has 1 rings (SSSR count). The first-order chi connectivity index (χ1) is 4.84. The molecule has 4 heteroatoms. The van der Waals surface area contributed by atoms with Crippen molar-refractivity contribution in [2.24, 2.45) is 0 Å². The van der Waals surface area contributed by atoms with Crippen LogP contribution in [0.5, 0.6) is 0 Å². The number of rotatable bonds is 2. The van der Waals surface area contributed by atoms with E-state index in [0.717, 1.165) is 9.50 Å². The van der Waals surface area contributed by atoms with Crippen molar-refractivity contribution in [3.63, 3.8) is 0 Å². The Morgan fingerprint density at radius 2 is 2.50 bits per heavy atom. The van der Waals surface area contributed by atoms with E-state index in [9.17, 15) is 0 Å². The second kappa shape index (κ2) is 4.21. The fourth-order valence-corrected chi connectivity index (χ4v) is 1.88. The van der Waals surface area contributed by atoms with Gasteiger partial charge in [-0.1, -0.05) is 11.8 Å². The van der Waals surface area contributed by atoms with Crippen molar-refractivity contribution in [1.82, 2.24) is 4.98 Å². The number of pyridine rings is 1. The second-order valence-electron chi connectivity index (χ2n) is 1.54. The van der Waals surface area contributed by atoms with Crippen LogP contribution in [0.2, 0.25) is 0 Å². The van der Waals surface area contributed by atoms with Gasteiger partial charge in [0.1, 0.15) is 5.03 Å². The molecule has 0 aliphatic rings. The van der Waals surface area contributed by atoms with Crippen molar-refractivity contribution in [3.05, 3.63) is 22.8 Å². The maximum atomic E-state index is 5.51. The molecule has 0 amide bonds. The molecule has 1 nitrogen and oxygen atoms in total. The highest BCUT2D eigenvalue weighted by atomic mass is 79.9. The van der Waals surface area contributed by atoms with Gasteiger partial charge in [-0.3, -0.25) is 0 Å². The molecule has 0 aliphatic heterocycles. The Labute approximate surface area is 77.3 Å². The lowest BCUT2D eigenvalue weighted by atomic mass is 10.5. The average Bonchev–Trinajstić information content (AvgIpc) is 1.94. The van der Waals surface area contributed by atoms with Gasteiger partial charge in [0.05, 0.1) is 5.21 Å². The van der Waals surface area contributed by atoms with E-state index >= 15 is 0 Å². The average molecular weight is 239 g/mol. The smallest absolute Gasteiger partial charge is 0.111 e. The van der Waals surface area contributed by atoms with Crippen LogP contribution in [0.4, 0.5) is 0 Å². The van der Waals surface area contributed by atoms with Gasteiger partial charge < -0.3 is 0 Å². The summed E-state index contributed by atoms with van der Waals surface area (Å²) in [5, 5.41) is 1.48. The summed E-state index contributed by atoms with van der Waals surface area (Å²) in [6, 6.07) is 3.82. The monoisotopic (exact) mass is 237 g/mol. The van der Waals surface area contributed by atoms with Crippen LogP contribution in [-0.2, 0) is 0 Å². The molecule has 0 bridgehead atoms. The van der Waals surface area contributed by atoms with Crippen molar-refractivity contribution in [1.29, 1.82) is 0 Å². The van der Waals surface area contributed by atoms with Gasteiger partial charge in [-0.2, -0.15) is 0 Å². The maximum Gasteiger partial charge on any atom is 0.111 e. The van der Waals surface area contributed by atoms with Gasteiger partial charge in [0.15, 0.2) is 0 Å². The summed E-state index contributed by atoms with van der Waals surface area (Å²) in [4.78, 5) is 4.10. The first-order valence-electron chi connectivity index (χ1n) is 2.64. The second-order valence-corrected chi connectivity index (χ2v) is 3.95. The zero-order chi connectivity index (χ0) is 7.40. The SMILES string of the molecule is ClCSc1ncccc1Br. The minimum atomic E-state index is 0.537. The van der Waals surface area contributed by atoms with Crippen LogP contribution >= 0.6 is 39.3 Å². The zero-order valence-corrected chi connectivity index (χ0v) is 8.21. The van der Waals surface area contributed by atoms with Crippen molar-refractivity contribution in [3.8, 4) is 0 Å². The minimum Gasteiger partial charge on any atom is -0.249 e. The molecular formula is C6H5BrClNS. The van der Waals surface area contributed by atoms with Crippen LogP contribution in [0.15, 0.2) is 27.8 Å². The Hall–Kier alpha value is 0.270. The van der Waals surface area contributed by atoms with E-state index in [2.05, 4.69) is 20.9 Å². The van der Waals surface area contributed by atoms with Crippen LogP contribution in [0.25, 0.3) is 0 Å². The number of aromatic nitrogens is 1. The van der Waals surface area contributed by atoms with Crippen molar-refractivity contribution < 1.29 is 0 Å². The van der Waals surface area contributed by atoms with E-state index in [1.54, 1.807) is 6.20 Å². The summed E-state index contributed by atoms with van der Waals surface area (Å²) >= 11 is 10.4. The van der Waals surface area contributed by atoms with Gasteiger partial charge in [0.2, 0.25) is 0 Å². The molecule has 1 aromatic heterocycles. The summed E-state index contributed by atoms with van der Waals surface area (Å²) in [5.74, 6) is 0. The Bertz CT molecular complexity index is 219. The molecule has 0 N–H and O–H groups in total. The molecule has 1 heterocycles. The molecule has 0 atom stereocenters. The van der Waals surface area contributed by atoms with Crippen molar-refractivity contribution in [2.45, 2.75) is 5.03 Å². The third-order valence-electron chi connectivity index (χ3n) is 0.916. The first kappa shape index (κ1) is 8.37. The molecule has 10 heavy (non-hydrogen) atoms. The van der Waals surface area contributed by atoms with Crippen LogP contribution in [-0.4, -0.2) is 10.2 Å². The number of thioether (sulfide) groups is 1. The molecule has 0 aromatic carbocycles. The Morgan fingerprint density at radius 1 is 1.70 bits per heavy atom. The summed E-state index contributed by atoms with van der Waals surface area (Å²) in [6.45, 7) is 0. The van der Waals surface area contributed by atoms with Crippen LogP contribution < -0.4 is 0 Å². The number of halogens is 2. The van der Waals surface area contributed by atoms with Gasteiger partial charge in [0, 0.05) is 10.7 Å². The highest BCUT2D eigenvalue weighted by molar-refractivity contribution is 9.10. The Morgan fingerprint density at radius 3 is 3.10 bits per heavy atom. The highest BCUT2D eigenvalue weighted by Crippen LogP contribution is 2.24. The van der Waals surface area contributed by atoms with Gasteiger partial charge in [-0.25, -0.2) is 4.98 Å². The number of hydrogen-bond donors (Lipinski definition) is 0. The topological polar surface area (TPSA) is 12.9 Å². The molecular weight excluding hydrogens is 233 g/mol. The molecule has 54 valence electrons. The van der Waals surface area contributed by atoms with Crippen LogP contribution in [0.3, 0.4) is 0 Å². The lowest BCUT2D eigenvalue weighted by Crippen LogP contribution is -1.78. The quantitative estimate of drug-likeness (QED) is 0.580. The highest BCUT2D eigenvalue weighted by Gasteiger charge is 1.97. The standard InChI is InChI=1S/C6H5BrClNS/c7-5-2-1-3-9-6(5)10-4-8/h1-3H,4H2. The van der Waals surface area contributed by atoms with Gasteiger partial charge in [0.25, 0.3) is 0 Å². The molecule has 0 spiro atoms.